The SMILES string of the molecule is CCOC(=O)c1ccc(/C=C/c2cc3c(cc2Br)C(C)(C)CCC3(C)C)cc1. The minimum atomic E-state index is -0.277. The van der Waals surface area contributed by atoms with E-state index in [2.05, 4.69) is 67.9 Å². The van der Waals surface area contributed by atoms with E-state index < -0.39 is 0 Å². The van der Waals surface area contributed by atoms with E-state index in [9.17, 15) is 4.79 Å². The number of ether oxygens (including phenoxy) is 1. The van der Waals surface area contributed by atoms with E-state index in [1.54, 1.807) is 0 Å². The Kier molecular flexibility index (Phi) is 5.86. The highest BCUT2D eigenvalue weighted by atomic mass is 79.9. The van der Waals surface area contributed by atoms with Gasteiger partial charge in [-0.2, -0.15) is 0 Å². The normalized spacial score (nSPS) is 17.4. The molecule has 0 heterocycles. The van der Waals surface area contributed by atoms with Gasteiger partial charge in [-0.3, -0.25) is 0 Å². The second-order valence-electron chi connectivity index (χ2n) is 8.86. The average Bonchev–Trinajstić information content (AvgIpc) is 2.65. The van der Waals surface area contributed by atoms with Gasteiger partial charge in [-0.1, -0.05) is 67.9 Å². The molecule has 2 aromatic rings. The highest BCUT2D eigenvalue weighted by molar-refractivity contribution is 9.10. The van der Waals surface area contributed by atoms with Crippen molar-refractivity contribution in [2.45, 2.75) is 58.3 Å². The van der Waals surface area contributed by atoms with Crippen LogP contribution in [0.1, 0.15) is 80.1 Å². The molecular formula is C25H29BrO2. The van der Waals surface area contributed by atoms with E-state index in [-0.39, 0.29) is 16.8 Å². The van der Waals surface area contributed by atoms with E-state index in [4.69, 9.17) is 4.74 Å². The number of halogens is 1. The third kappa shape index (κ3) is 4.25. The van der Waals surface area contributed by atoms with Crippen LogP contribution in [-0.4, -0.2) is 12.6 Å². The molecule has 0 atom stereocenters. The fourth-order valence-corrected chi connectivity index (χ4v) is 4.34. The van der Waals surface area contributed by atoms with Crippen LogP contribution in [0.3, 0.4) is 0 Å². The van der Waals surface area contributed by atoms with Crippen molar-refractivity contribution in [1.82, 2.24) is 0 Å². The summed E-state index contributed by atoms with van der Waals surface area (Å²) < 4.78 is 6.16. The van der Waals surface area contributed by atoms with E-state index in [0.29, 0.717) is 12.2 Å². The number of esters is 1. The lowest BCUT2D eigenvalue weighted by atomic mass is 9.63. The molecule has 0 aliphatic heterocycles. The zero-order valence-electron chi connectivity index (χ0n) is 17.4. The van der Waals surface area contributed by atoms with Crippen molar-refractivity contribution in [3.63, 3.8) is 0 Å². The highest BCUT2D eigenvalue weighted by Gasteiger charge is 2.37. The van der Waals surface area contributed by atoms with Gasteiger partial charge in [-0.15, -0.1) is 0 Å². The number of rotatable bonds is 4. The number of carbonyl (C=O) groups is 1. The Morgan fingerprint density at radius 3 is 2.14 bits per heavy atom. The summed E-state index contributed by atoms with van der Waals surface area (Å²) in [5.41, 5.74) is 6.11. The van der Waals surface area contributed by atoms with Crippen LogP contribution in [0.5, 0.6) is 0 Å². The van der Waals surface area contributed by atoms with Crippen molar-refractivity contribution in [2.75, 3.05) is 6.61 Å². The largest absolute Gasteiger partial charge is 0.462 e. The molecule has 0 radical (unpaired) electrons. The summed E-state index contributed by atoms with van der Waals surface area (Å²) in [6.45, 7) is 11.6. The minimum Gasteiger partial charge on any atom is -0.462 e. The van der Waals surface area contributed by atoms with Crippen LogP contribution in [-0.2, 0) is 15.6 Å². The summed E-state index contributed by atoms with van der Waals surface area (Å²) in [6, 6.07) is 12.2. The topological polar surface area (TPSA) is 26.3 Å². The van der Waals surface area contributed by atoms with Gasteiger partial charge in [-0.25, -0.2) is 4.79 Å². The van der Waals surface area contributed by atoms with Crippen molar-refractivity contribution in [1.29, 1.82) is 0 Å². The lowest BCUT2D eigenvalue weighted by Crippen LogP contribution is -2.33. The third-order valence-electron chi connectivity index (χ3n) is 5.85. The first-order chi connectivity index (χ1) is 13.1. The zero-order valence-corrected chi connectivity index (χ0v) is 19.0. The molecule has 0 bridgehead atoms. The Morgan fingerprint density at radius 2 is 1.57 bits per heavy atom. The fraction of sp³-hybridized carbons (Fsp3) is 0.400. The molecular weight excluding hydrogens is 412 g/mol. The van der Waals surface area contributed by atoms with Crippen LogP contribution >= 0.6 is 15.9 Å². The monoisotopic (exact) mass is 440 g/mol. The second kappa shape index (κ2) is 7.87. The summed E-state index contributed by atoms with van der Waals surface area (Å²) in [7, 11) is 0. The van der Waals surface area contributed by atoms with Crippen LogP contribution < -0.4 is 0 Å². The fourth-order valence-electron chi connectivity index (χ4n) is 3.86. The smallest absolute Gasteiger partial charge is 0.338 e. The lowest BCUT2D eigenvalue weighted by molar-refractivity contribution is 0.0526. The molecule has 0 spiro atoms. The number of hydrogen-bond acceptors (Lipinski definition) is 2. The standard InChI is InChI=1S/C25H29BrO2/c1-6-28-23(27)18-10-7-17(8-11-18)9-12-19-15-20-21(16-22(19)26)25(4,5)14-13-24(20,2)3/h7-12,15-16H,6,13-14H2,1-5H3/b12-9+. The average molecular weight is 441 g/mol. The molecule has 0 fully saturated rings. The molecule has 3 rings (SSSR count). The van der Waals surface area contributed by atoms with Gasteiger partial charge >= 0.3 is 5.97 Å². The Hall–Kier alpha value is -1.87. The third-order valence-corrected chi connectivity index (χ3v) is 6.53. The lowest BCUT2D eigenvalue weighted by Gasteiger charge is -2.42. The van der Waals surface area contributed by atoms with Gasteiger partial charge < -0.3 is 4.74 Å². The molecule has 3 heteroatoms. The summed E-state index contributed by atoms with van der Waals surface area (Å²) in [6.07, 6.45) is 6.64. The van der Waals surface area contributed by atoms with Crippen molar-refractivity contribution < 1.29 is 9.53 Å². The van der Waals surface area contributed by atoms with E-state index in [1.165, 1.54) is 29.5 Å². The Labute approximate surface area is 177 Å². The Balaban J connectivity index is 1.90. The number of fused-ring (bicyclic) bond motifs is 1. The quantitative estimate of drug-likeness (QED) is 0.372. The molecule has 1 aliphatic carbocycles. The van der Waals surface area contributed by atoms with Gasteiger partial charge in [0.05, 0.1) is 12.2 Å². The molecule has 2 aromatic carbocycles. The first-order valence-corrected chi connectivity index (χ1v) is 10.7. The van der Waals surface area contributed by atoms with Gasteiger partial charge in [0.2, 0.25) is 0 Å². The molecule has 0 unspecified atom stereocenters. The minimum absolute atomic E-state index is 0.190. The van der Waals surface area contributed by atoms with Gasteiger partial charge in [0, 0.05) is 4.47 Å². The van der Waals surface area contributed by atoms with Gasteiger partial charge in [0.25, 0.3) is 0 Å². The molecule has 1 aliphatic rings. The maximum absolute atomic E-state index is 11.8. The van der Waals surface area contributed by atoms with E-state index >= 15 is 0 Å². The molecule has 28 heavy (non-hydrogen) atoms. The van der Waals surface area contributed by atoms with Crippen LogP contribution in [0.4, 0.5) is 0 Å². The molecule has 0 aromatic heterocycles. The summed E-state index contributed by atoms with van der Waals surface area (Å²) in [5, 5.41) is 0. The van der Waals surface area contributed by atoms with Crippen LogP contribution in [0.15, 0.2) is 40.9 Å². The number of carbonyl (C=O) groups excluding carboxylic acids is 1. The maximum Gasteiger partial charge on any atom is 0.338 e. The predicted octanol–water partition coefficient (Wildman–Crippen LogP) is 7.15. The molecule has 0 saturated heterocycles. The van der Waals surface area contributed by atoms with Crippen LogP contribution in [0.2, 0.25) is 0 Å². The molecule has 148 valence electrons. The zero-order chi connectivity index (χ0) is 20.5. The predicted molar refractivity (Wildman–Crippen MR) is 121 cm³/mol. The Bertz CT molecular complexity index is 905. The van der Waals surface area contributed by atoms with Gasteiger partial charge in [0.15, 0.2) is 0 Å². The molecule has 2 nitrogen and oxygen atoms in total. The van der Waals surface area contributed by atoms with Crippen molar-refractivity contribution in [3.05, 3.63) is 68.7 Å². The van der Waals surface area contributed by atoms with Crippen LogP contribution in [0, 0.1) is 0 Å². The first-order valence-electron chi connectivity index (χ1n) is 9.94. The van der Waals surface area contributed by atoms with Gasteiger partial charge in [0.1, 0.15) is 0 Å². The van der Waals surface area contributed by atoms with Gasteiger partial charge in [-0.05, 0) is 77.1 Å². The second-order valence-corrected chi connectivity index (χ2v) is 9.72. The number of hydrogen-bond donors (Lipinski definition) is 0. The van der Waals surface area contributed by atoms with E-state index in [0.717, 1.165) is 10.0 Å². The van der Waals surface area contributed by atoms with E-state index in [1.807, 2.05) is 31.2 Å². The highest BCUT2D eigenvalue weighted by Crippen LogP contribution is 2.47. The summed E-state index contributed by atoms with van der Waals surface area (Å²) in [4.78, 5) is 11.8. The van der Waals surface area contributed by atoms with Crippen LogP contribution in [0.25, 0.3) is 12.2 Å². The summed E-state index contributed by atoms with van der Waals surface area (Å²) in [5.74, 6) is -0.277. The molecule has 0 amide bonds. The number of benzene rings is 2. The van der Waals surface area contributed by atoms with Crippen molar-refractivity contribution in [2.24, 2.45) is 0 Å². The Morgan fingerprint density at radius 1 is 1.00 bits per heavy atom. The molecule has 0 N–H and O–H groups in total. The summed E-state index contributed by atoms with van der Waals surface area (Å²) >= 11 is 3.77. The van der Waals surface area contributed by atoms with Crippen molar-refractivity contribution >= 4 is 34.1 Å². The van der Waals surface area contributed by atoms with Crippen molar-refractivity contribution in [3.8, 4) is 0 Å². The molecule has 0 saturated carbocycles. The maximum atomic E-state index is 11.8. The first kappa shape index (κ1) is 20.9.